The number of hydroxylamine groups is 1. The van der Waals surface area contributed by atoms with Gasteiger partial charge < -0.3 is 14.2 Å². The Bertz CT molecular complexity index is 927. The highest BCUT2D eigenvalue weighted by molar-refractivity contribution is 7.89. The maximum Gasteiger partial charge on any atom is 0.432 e. The largest absolute Gasteiger partial charge is 0.457 e. The van der Waals surface area contributed by atoms with Crippen LogP contribution in [0.1, 0.15) is 6.42 Å². The highest BCUT2D eigenvalue weighted by Gasteiger charge is 2.43. The smallest absolute Gasteiger partial charge is 0.432 e. The molecule has 28 heavy (non-hydrogen) atoms. The van der Waals surface area contributed by atoms with Crippen LogP contribution in [-0.4, -0.2) is 38.7 Å². The third-order valence-electron chi connectivity index (χ3n) is 3.87. The minimum Gasteiger partial charge on any atom is -0.457 e. The molecule has 1 aliphatic rings. The maximum atomic E-state index is 12.7. The molecular weight excluding hydrogens is 412 g/mol. The first kappa shape index (κ1) is 20.4. The Labute approximate surface area is 166 Å². The number of nitrogens with one attached hydrogen (secondary N) is 2. The van der Waals surface area contributed by atoms with Crippen molar-refractivity contribution in [2.24, 2.45) is 0 Å². The summed E-state index contributed by atoms with van der Waals surface area (Å²) in [5, 5.41) is 9.20. The molecule has 1 aliphatic heterocycles. The van der Waals surface area contributed by atoms with Crippen molar-refractivity contribution in [2.75, 3.05) is 13.2 Å². The molecular formula is C17H17ClN2O7S. The molecule has 1 fully saturated rings. The normalized spacial score (nSPS) is 19.2. The molecule has 11 heteroatoms. The van der Waals surface area contributed by atoms with E-state index in [9.17, 15) is 13.2 Å². The van der Waals surface area contributed by atoms with Crippen molar-refractivity contribution < 1.29 is 32.6 Å². The van der Waals surface area contributed by atoms with Gasteiger partial charge in [0, 0.05) is 11.4 Å². The van der Waals surface area contributed by atoms with Gasteiger partial charge in [-0.1, -0.05) is 11.6 Å². The summed E-state index contributed by atoms with van der Waals surface area (Å²) in [7, 11) is -4.04. The summed E-state index contributed by atoms with van der Waals surface area (Å²) >= 11 is 5.82. The molecule has 1 unspecified atom stereocenters. The van der Waals surface area contributed by atoms with E-state index in [1.807, 2.05) is 0 Å². The molecule has 1 atom stereocenters. The van der Waals surface area contributed by atoms with Crippen LogP contribution in [0.25, 0.3) is 0 Å². The van der Waals surface area contributed by atoms with Crippen LogP contribution in [0.15, 0.2) is 53.4 Å². The van der Waals surface area contributed by atoms with E-state index in [4.69, 9.17) is 31.0 Å². The maximum absolute atomic E-state index is 12.7. The topological polar surface area (TPSA) is 123 Å². The molecule has 0 aliphatic carbocycles. The Balaban J connectivity index is 1.74. The molecule has 3 rings (SSSR count). The Morgan fingerprint density at radius 3 is 2.25 bits per heavy atom. The first-order chi connectivity index (χ1) is 13.3. The van der Waals surface area contributed by atoms with E-state index >= 15 is 0 Å². The highest BCUT2D eigenvalue weighted by atomic mass is 35.5. The minimum atomic E-state index is -4.04. The van der Waals surface area contributed by atoms with Crippen molar-refractivity contribution in [3.8, 4) is 11.5 Å². The Kier molecular flexibility index (Phi) is 6.06. The molecule has 1 amide bonds. The number of benzene rings is 2. The van der Waals surface area contributed by atoms with Gasteiger partial charge in [-0.25, -0.2) is 18.7 Å². The molecule has 9 nitrogen and oxygen atoms in total. The van der Waals surface area contributed by atoms with Gasteiger partial charge >= 0.3 is 6.09 Å². The summed E-state index contributed by atoms with van der Waals surface area (Å²) in [5.41, 5.74) is -0.307. The van der Waals surface area contributed by atoms with Crippen LogP contribution < -0.4 is 14.9 Å². The predicted octanol–water partition coefficient (Wildman–Crippen LogP) is 2.64. The van der Waals surface area contributed by atoms with E-state index in [0.29, 0.717) is 16.5 Å². The van der Waals surface area contributed by atoms with E-state index < -0.39 is 21.8 Å². The number of rotatable bonds is 6. The van der Waals surface area contributed by atoms with Crippen molar-refractivity contribution in [1.29, 1.82) is 0 Å². The molecule has 0 bridgehead atoms. The monoisotopic (exact) mass is 428 g/mol. The number of carbonyl (C=O) groups excluding carboxylic acids is 1. The summed E-state index contributed by atoms with van der Waals surface area (Å²) in [5.74, 6) is 0.972. The molecule has 3 N–H and O–H groups in total. The number of carbonyl (C=O) groups is 1. The fourth-order valence-electron chi connectivity index (χ4n) is 2.56. The Hall–Kier alpha value is -2.37. The molecule has 0 aromatic heterocycles. The van der Waals surface area contributed by atoms with Gasteiger partial charge in [-0.05, 0) is 48.5 Å². The van der Waals surface area contributed by atoms with Gasteiger partial charge in [0.15, 0.2) is 0 Å². The third-order valence-corrected chi connectivity index (χ3v) is 5.65. The highest BCUT2D eigenvalue weighted by Crippen LogP contribution is 2.26. The van der Waals surface area contributed by atoms with Gasteiger partial charge in [0.25, 0.3) is 0 Å². The molecule has 0 radical (unpaired) electrons. The number of hydrogen-bond donors (Lipinski definition) is 3. The molecule has 0 spiro atoms. The average Bonchev–Trinajstić information content (AvgIpc) is 3.11. The molecule has 150 valence electrons. The van der Waals surface area contributed by atoms with Gasteiger partial charge in [-0.15, -0.1) is 0 Å². The van der Waals surface area contributed by atoms with Gasteiger partial charge in [0.2, 0.25) is 15.7 Å². The molecule has 2 aromatic rings. The van der Waals surface area contributed by atoms with Crippen molar-refractivity contribution in [1.82, 2.24) is 10.2 Å². The first-order valence-corrected chi connectivity index (χ1v) is 9.96. The van der Waals surface area contributed by atoms with Crippen LogP contribution in [0.2, 0.25) is 5.02 Å². The van der Waals surface area contributed by atoms with Crippen LogP contribution in [0.5, 0.6) is 11.5 Å². The lowest BCUT2D eigenvalue weighted by atomic mass is 10.2. The van der Waals surface area contributed by atoms with Crippen LogP contribution in [0.4, 0.5) is 4.79 Å². The predicted molar refractivity (Wildman–Crippen MR) is 97.9 cm³/mol. The van der Waals surface area contributed by atoms with E-state index in [0.717, 1.165) is 0 Å². The van der Waals surface area contributed by atoms with Gasteiger partial charge in [-0.2, -0.15) is 4.72 Å². The molecule has 1 saturated heterocycles. The van der Waals surface area contributed by atoms with Gasteiger partial charge in [0.05, 0.1) is 11.5 Å². The lowest BCUT2D eigenvalue weighted by Crippen LogP contribution is -2.53. The summed E-state index contributed by atoms with van der Waals surface area (Å²) in [4.78, 5) is 11.3. The lowest BCUT2D eigenvalue weighted by molar-refractivity contribution is -0.0222. The second kappa shape index (κ2) is 8.33. The van der Waals surface area contributed by atoms with Crippen molar-refractivity contribution in [3.63, 3.8) is 0 Å². The summed E-state index contributed by atoms with van der Waals surface area (Å²) in [6.45, 7) is 0.00646. The third kappa shape index (κ3) is 4.91. The SMILES string of the molecule is O=C(NO)OC1(NS(=O)(=O)c2ccc(Oc3ccc(Cl)cc3)cc2)CCOC1. The van der Waals surface area contributed by atoms with E-state index in [-0.39, 0.29) is 24.5 Å². The zero-order valence-corrected chi connectivity index (χ0v) is 16.0. The summed E-state index contributed by atoms with van der Waals surface area (Å²) in [6, 6.07) is 12.4. The lowest BCUT2D eigenvalue weighted by Gasteiger charge is -2.27. The molecule has 2 aromatic carbocycles. The zero-order valence-electron chi connectivity index (χ0n) is 14.4. The van der Waals surface area contributed by atoms with E-state index in [1.165, 1.54) is 29.7 Å². The van der Waals surface area contributed by atoms with E-state index in [1.54, 1.807) is 24.3 Å². The van der Waals surface area contributed by atoms with Crippen LogP contribution in [0.3, 0.4) is 0 Å². The van der Waals surface area contributed by atoms with Crippen molar-refractivity contribution >= 4 is 27.7 Å². The fraction of sp³-hybridized carbons (Fsp3) is 0.235. The van der Waals surface area contributed by atoms with Gasteiger partial charge in [-0.3, -0.25) is 5.21 Å². The number of hydrogen-bond acceptors (Lipinski definition) is 7. The van der Waals surface area contributed by atoms with Crippen LogP contribution >= 0.6 is 11.6 Å². The van der Waals surface area contributed by atoms with Crippen LogP contribution in [0, 0.1) is 0 Å². The van der Waals surface area contributed by atoms with Crippen molar-refractivity contribution in [2.45, 2.75) is 17.0 Å². The summed E-state index contributed by atoms with van der Waals surface area (Å²) in [6.07, 6.45) is -1.10. The molecule has 1 heterocycles. The number of amides is 1. The minimum absolute atomic E-state index is 0.0600. The number of ether oxygens (including phenoxy) is 3. The molecule has 0 saturated carbocycles. The Morgan fingerprint density at radius 2 is 1.71 bits per heavy atom. The second-order valence-corrected chi connectivity index (χ2v) is 8.05. The van der Waals surface area contributed by atoms with E-state index in [2.05, 4.69) is 4.72 Å². The second-order valence-electron chi connectivity index (χ2n) is 5.93. The number of halogens is 1. The average molecular weight is 429 g/mol. The first-order valence-electron chi connectivity index (χ1n) is 8.10. The van der Waals surface area contributed by atoms with Crippen LogP contribution in [-0.2, 0) is 19.5 Å². The fourth-order valence-corrected chi connectivity index (χ4v) is 3.99. The van der Waals surface area contributed by atoms with Gasteiger partial charge in [0.1, 0.15) is 18.1 Å². The standard InChI is InChI=1S/C17H17ClN2O7S/c18-12-1-3-13(4-2-12)26-14-5-7-15(8-6-14)28(23,24)20-17(9-10-25-11-17)27-16(21)19-22/h1-8,20,22H,9-11H2,(H,19,21). The quantitative estimate of drug-likeness (QED) is 0.367. The number of sulfonamides is 1. The van der Waals surface area contributed by atoms with Crippen molar-refractivity contribution in [3.05, 3.63) is 53.6 Å². The zero-order chi connectivity index (χ0) is 20.2. The summed E-state index contributed by atoms with van der Waals surface area (Å²) < 4.78 is 43.4. The Morgan fingerprint density at radius 1 is 1.11 bits per heavy atom.